The molecule has 0 saturated heterocycles. The van der Waals surface area contributed by atoms with E-state index < -0.39 is 0 Å². The molecule has 1 unspecified atom stereocenters. The number of para-hydroxylation sites is 1. The van der Waals surface area contributed by atoms with Crippen molar-refractivity contribution in [2.75, 3.05) is 11.1 Å². The summed E-state index contributed by atoms with van der Waals surface area (Å²) in [5, 5.41) is 16.4. The Labute approximate surface area is 179 Å². The van der Waals surface area contributed by atoms with E-state index >= 15 is 0 Å². The molecule has 0 spiro atoms. The topological polar surface area (TPSA) is 82.0 Å². The molecule has 5 nitrogen and oxygen atoms in total. The second-order valence-corrected chi connectivity index (χ2v) is 7.98. The molecule has 0 aliphatic carbocycles. The van der Waals surface area contributed by atoms with E-state index in [0.717, 1.165) is 35.0 Å². The maximum atomic E-state index is 12.4. The van der Waals surface area contributed by atoms with Crippen LogP contribution in [0.3, 0.4) is 0 Å². The second kappa shape index (κ2) is 9.64. The van der Waals surface area contributed by atoms with Gasteiger partial charge < -0.3 is 10.6 Å². The lowest BCUT2D eigenvalue weighted by atomic mass is 9.87. The SMILES string of the molecule is CCc1ccccc1NC(=O)CSC1=C(C#N)C(c2ccc(Cl)cc2)CC(=O)N1. The van der Waals surface area contributed by atoms with Crippen molar-refractivity contribution in [2.24, 2.45) is 0 Å². The molecule has 0 radical (unpaired) electrons. The Hall–Kier alpha value is -2.75. The van der Waals surface area contributed by atoms with E-state index in [9.17, 15) is 14.9 Å². The molecule has 0 saturated carbocycles. The number of nitrogens with zero attached hydrogens (tertiary/aromatic N) is 1. The second-order valence-electron chi connectivity index (χ2n) is 6.56. The van der Waals surface area contributed by atoms with Gasteiger partial charge in [-0.1, -0.05) is 60.6 Å². The van der Waals surface area contributed by atoms with Crippen LogP contribution in [0.15, 0.2) is 59.1 Å². The van der Waals surface area contributed by atoms with Crippen LogP contribution >= 0.6 is 23.4 Å². The number of carbonyl (C=O) groups excluding carboxylic acids is 2. The predicted octanol–water partition coefficient (Wildman–Crippen LogP) is 4.61. The third-order valence-electron chi connectivity index (χ3n) is 4.65. The van der Waals surface area contributed by atoms with Gasteiger partial charge in [-0.25, -0.2) is 0 Å². The van der Waals surface area contributed by atoms with Crippen LogP contribution in [0, 0.1) is 11.3 Å². The van der Waals surface area contributed by atoms with E-state index in [0.29, 0.717) is 15.6 Å². The van der Waals surface area contributed by atoms with Crippen molar-refractivity contribution >= 4 is 40.9 Å². The maximum Gasteiger partial charge on any atom is 0.234 e. The minimum atomic E-state index is -0.350. The Morgan fingerprint density at radius 3 is 2.69 bits per heavy atom. The number of halogens is 1. The van der Waals surface area contributed by atoms with E-state index in [1.807, 2.05) is 43.3 Å². The monoisotopic (exact) mass is 425 g/mol. The molecule has 7 heteroatoms. The van der Waals surface area contributed by atoms with Crippen molar-refractivity contribution in [3.05, 3.63) is 75.3 Å². The summed E-state index contributed by atoms with van der Waals surface area (Å²) in [6.07, 6.45) is 0.997. The molecule has 0 aromatic heterocycles. The lowest BCUT2D eigenvalue weighted by Gasteiger charge is -2.25. The van der Waals surface area contributed by atoms with Crippen LogP contribution in [0.25, 0.3) is 0 Å². The smallest absolute Gasteiger partial charge is 0.234 e. The van der Waals surface area contributed by atoms with Crippen LogP contribution in [0.1, 0.15) is 30.4 Å². The number of hydrogen-bond donors (Lipinski definition) is 2. The summed E-state index contributed by atoms with van der Waals surface area (Å²) >= 11 is 7.11. The molecule has 29 heavy (non-hydrogen) atoms. The highest BCUT2D eigenvalue weighted by Gasteiger charge is 2.29. The van der Waals surface area contributed by atoms with E-state index in [2.05, 4.69) is 16.7 Å². The molecule has 2 aromatic rings. The predicted molar refractivity (Wildman–Crippen MR) is 116 cm³/mol. The summed E-state index contributed by atoms with van der Waals surface area (Å²) in [7, 11) is 0. The minimum Gasteiger partial charge on any atom is -0.325 e. The highest BCUT2D eigenvalue weighted by atomic mass is 35.5. The quantitative estimate of drug-likeness (QED) is 0.707. The summed E-state index contributed by atoms with van der Waals surface area (Å²) in [6, 6.07) is 17.0. The molecular weight excluding hydrogens is 406 g/mol. The van der Waals surface area contributed by atoms with Crippen molar-refractivity contribution in [2.45, 2.75) is 25.7 Å². The van der Waals surface area contributed by atoms with Crippen LogP contribution in [-0.4, -0.2) is 17.6 Å². The van der Waals surface area contributed by atoms with Gasteiger partial charge in [0.15, 0.2) is 0 Å². The zero-order chi connectivity index (χ0) is 20.8. The molecule has 1 heterocycles. The molecule has 0 bridgehead atoms. The first-order valence-corrected chi connectivity index (χ1v) is 10.6. The maximum absolute atomic E-state index is 12.4. The number of benzene rings is 2. The standard InChI is InChI=1S/C22H20ClN3O2S/c1-2-14-5-3-4-6-19(14)25-21(28)13-29-22-18(12-24)17(11-20(27)26-22)15-7-9-16(23)10-8-15/h3-10,17H,2,11,13H2,1H3,(H,25,28)(H,26,27). The van der Waals surface area contributed by atoms with Crippen molar-refractivity contribution in [3.8, 4) is 6.07 Å². The first kappa shape index (κ1) is 21.0. The molecule has 1 aliphatic heterocycles. The lowest BCUT2D eigenvalue weighted by Crippen LogP contribution is -2.31. The fourth-order valence-corrected chi connectivity index (χ4v) is 4.19. The van der Waals surface area contributed by atoms with Gasteiger partial charge >= 0.3 is 0 Å². The molecule has 2 amide bonds. The van der Waals surface area contributed by atoms with E-state index in [1.165, 1.54) is 0 Å². The summed E-state index contributed by atoms with van der Waals surface area (Å²) in [5.74, 6) is -0.629. The molecular formula is C22H20ClN3O2S. The van der Waals surface area contributed by atoms with Gasteiger partial charge in [0, 0.05) is 23.0 Å². The Bertz CT molecular complexity index is 996. The number of carbonyl (C=O) groups is 2. The van der Waals surface area contributed by atoms with Gasteiger partial charge in [0.05, 0.1) is 22.4 Å². The van der Waals surface area contributed by atoms with Crippen molar-refractivity contribution in [3.63, 3.8) is 0 Å². The van der Waals surface area contributed by atoms with Gasteiger partial charge in [0.25, 0.3) is 0 Å². The number of amides is 2. The summed E-state index contributed by atoms with van der Waals surface area (Å²) in [6.45, 7) is 2.03. The zero-order valence-electron chi connectivity index (χ0n) is 15.9. The highest BCUT2D eigenvalue weighted by molar-refractivity contribution is 8.03. The van der Waals surface area contributed by atoms with E-state index in [1.54, 1.807) is 12.1 Å². The van der Waals surface area contributed by atoms with Crippen LogP contribution in [-0.2, 0) is 16.0 Å². The van der Waals surface area contributed by atoms with Crippen LogP contribution < -0.4 is 10.6 Å². The highest BCUT2D eigenvalue weighted by Crippen LogP contribution is 2.36. The van der Waals surface area contributed by atoms with Gasteiger partial charge in [0.2, 0.25) is 11.8 Å². The van der Waals surface area contributed by atoms with Crippen LogP contribution in [0.2, 0.25) is 5.02 Å². The van der Waals surface area contributed by atoms with Gasteiger partial charge in [-0.15, -0.1) is 0 Å². The first-order valence-electron chi connectivity index (χ1n) is 9.22. The molecule has 148 valence electrons. The van der Waals surface area contributed by atoms with Gasteiger partial charge in [-0.2, -0.15) is 5.26 Å². The number of aryl methyl sites for hydroxylation is 1. The number of nitriles is 1. The molecule has 0 fully saturated rings. The third-order valence-corrected chi connectivity index (χ3v) is 5.92. The normalized spacial score (nSPS) is 16.2. The number of allylic oxidation sites excluding steroid dienone is 1. The number of anilines is 1. The molecule has 3 rings (SSSR count). The summed E-state index contributed by atoms with van der Waals surface area (Å²) in [4.78, 5) is 24.6. The van der Waals surface area contributed by atoms with Crippen molar-refractivity contribution in [1.82, 2.24) is 5.32 Å². The first-order chi connectivity index (χ1) is 14.0. The Kier molecular flexibility index (Phi) is 6.97. The fourth-order valence-electron chi connectivity index (χ4n) is 3.19. The molecule has 1 aliphatic rings. The lowest BCUT2D eigenvalue weighted by molar-refractivity contribution is -0.121. The van der Waals surface area contributed by atoms with Gasteiger partial charge in [0.1, 0.15) is 0 Å². The molecule has 1 atom stereocenters. The van der Waals surface area contributed by atoms with Gasteiger partial charge in [-0.3, -0.25) is 9.59 Å². The number of rotatable bonds is 6. The van der Waals surface area contributed by atoms with Crippen molar-refractivity contribution < 1.29 is 9.59 Å². The van der Waals surface area contributed by atoms with Crippen LogP contribution in [0.5, 0.6) is 0 Å². The van der Waals surface area contributed by atoms with Crippen molar-refractivity contribution in [1.29, 1.82) is 5.26 Å². The summed E-state index contributed by atoms with van der Waals surface area (Å²) in [5.41, 5.74) is 3.14. The number of hydrogen-bond acceptors (Lipinski definition) is 4. The Morgan fingerprint density at radius 1 is 1.28 bits per heavy atom. The largest absolute Gasteiger partial charge is 0.325 e. The molecule has 2 aromatic carbocycles. The third kappa shape index (κ3) is 5.20. The average Bonchev–Trinajstić information content (AvgIpc) is 2.72. The van der Waals surface area contributed by atoms with E-state index in [-0.39, 0.29) is 29.9 Å². The number of thioether (sulfide) groups is 1. The fraction of sp³-hybridized carbons (Fsp3) is 0.227. The Morgan fingerprint density at radius 2 is 2.00 bits per heavy atom. The molecule has 2 N–H and O–H groups in total. The number of nitrogens with one attached hydrogen (secondary N) is 2. The van der Waals surface area contributed by atoms with Crippen LogP contribution in [0.4, 0.5) is 5.69 Å². The van der Waals surface area contributed by atoms with E-state index in [4.69, 9.17) is 11.6 Å². The summed E-state index contributed by atoms with van der Waals surface area (Å²) < 4.78 is 0. The Balaban J connectivity index is 1.75. The minimum absolute atomic E-state index is 0.0895. The van der Waals surface area contributed by atoms with Gasteiger partial charge in [-0.05, 0) is 35.7 Å². The average molecular weight is 426 g/mol. The zero-order valence-corrected chi connectivity index (χ0v) is 17.4.